The van der Waals surface area contributed by atoms with E-state index in [0.717, 1.165) is 12.0 Å². The Labute approximate surface area is 115 Å². The average Bonchev–Trinajstić information content (AvgIpc) is 2.34. The number of nitrogens with one attached hydrogen (secondary N) is 1. The van der Waals surface area contributed by atoms with Gasteiger partial charge in [0.05, 0.1) is 0 Å². The van der Waals surface area contributed by atoms with Crippen molar-refractivity contribution in [3.05, 3.63) is 35.9 Å². The highest BCUT2D eigenvalue weighted by Gasteiger charge is 2.18. The van der Waals surface area contributed by atoms with Crippen molar-refractivity contribution < 1.29 is 9.53 Å². The van der Waals surface area contributed by atoms with Gasteiger partial charge in [0.25, 0.3) is 0 Å². The lowest BCUT2D eigenvalue weighted by molar-refractivity contribution is -0.147. The normalized spacial score (nSPS) is 11.8. The minimum absolute atomic E-state index is 0. The maximum absolute atomic E-state index is 11.8. The monoisotopic (exact) mass is 271 g/mol. The van der Waals surface area contributed by atoms with Crippen molar-refractivity contribution in [1.82, 2.24) is 5.32 Å². The summed E-state index contributed by atoms with van der Waals surface area (Å²) < 4.78 is 5.28. The number of carbonyl (C=O) groups is 1. The molecule has 1 aromatic carbocycles. The molecule has 0 aromatic heterocycles. The van der Waals surface area contributed by atoms with Gasteiger partial charge in [0.1, 0.15) is 12.6 Å². The number of benzene rings is 1. The molecule has 1 rings (SSSR count). The standard InChI is InChI=1S/C14H21NO2.ClH/c1-11(2)9-13(15-3)14(16)17-10-12-7-5-4-6-8-12;/h4-8,11,13,15H,9-10H2,1-3H3;1H. The van der Waals surface area contributed by atoms with Crippen molar-refractivity contribution >= 4 is 18.4 Å². The van der Waals surface area contributed by atoms with E-state index < -0.39 is 0 Å². The quantitative estimate of drug-likeness (QED) is 0.809. The van der Waals surface area contributed by atoms with Crippen LogP contribution in [0.3, 0.4) is 0 Å². The first-order valence-electron chi connectivity index (χ1n) is 6.01. The molecule has 0 aliphatic carbocycles. The second-order valence-electron chi connectivity index (χ2n) is 4.56. The molecule has 1 N–H and O–H groups in total. The van der Waals surface area contributed by atoms with Crippen LogP contribution in [0.2, 0.25) is 0 Å². The molecule has 0 saturated heterocycles. The molecule has 0 saturated carbocycles. The highest BCUT2D eigenvalue weighted by atomic mass is 35.5. The Hall–Kier alpha value is -1.06. The van der Waals surface area contributed by atoms with Gasteiger partial charge in [-0.3, -0.25) is 4.79 Å². The summed E-state index contributed by atoms with van der Waals surface area (Å²) in [6, 6.07) is 9.51. The van der Waals surface area contributed by atoms with Crippen LogP contribution in [-0.2, 0) is 16.1 Å². The topological polar surface area (TPSA) is 38.3 Å². The summed E-state index contributed by atoms with van der Waals surface area (Å²) >= 11 is 0. The Morgan fingerprint density at radius 1 is 1.28 bits per heavy atom. The summed E-state index contributed by atoms with van der Waals surface area (Å²) in [7, 11) is 1.79. The highest BCUT2D eigenvalue weighted by Crippen LogP contribution is 2.08. The first-order chi connectivity index (χ1) is 8.13. The molecule has 1 unspecified atom stereocenters. The van der Waals surface area contributed by atoms with E-state index in [9.17, 15) is 4.79 Å². The molecule has 0 bridgehead atoms. The Balaban J connectivity index is 0.00000289. The molecule has 0 spiro atoms. The van der Waals surface area contributed by atoms with Crippen molar-refractivity contribution in [3.63, 3.8) is 0 Å². The Bertz CT molecular complexity index is 341. The third-order valence-corrected chi connectivity index (χ3v) is 2.56. The Morgan fingerprint density at radius 2 is 1.89 bits per heavy atom. The van der Waals surface area contributed by atoms with Crippen molar-refractivity contribution in [2.75, 3.05) is 7.05 Å². The van der Waals surface area contributed by atoms with Crippen LogP contribution in [0, 0.1) is 5.92 Å². The van der Waals surface area contributed by atoms with E-state index in [4.69, 9.17) is 4.74 Å². The number of hydrogen-bond donors (Lipinski definition) is 1. The van der Waals surface area contributed by atoms with E-state index in [0.29, 0.717) is 12.5 Å². The van der Waals surface area contributed by atoms with Crippen molar-refractivity contribution in [3.8, 4) is 0 Å². The zero-order valence-electron chi connectivity index (χ0n) is 11.2. The number of esters is 1. The first-order valence-corrected chi connectivity index (χ1v) is 6.01. The van der Waals surface area contributed by atoms with Gasteiger partial charge in [-0.2, -0.15) is 0 Å². The van der Waals surface area contributed by atoms with E-state index in [1.54, 1.807) is 7.05 Å². The van der Waals surface area contributed by atoms with E-state index in [2.05, 4.69) is 19.2 Å². The van der Waals surface area contributed by atoms with Crippen LogP contribution in [0.1, 0.15) is 25.8 Å². The number of carbonyl (C=O) groups excluding carboxylic acids is 1. The smallest absolute Gasteiger partial charge is 0.323 e. The predicted molar refractivity (Wildman–Crippen MR) is 75.8 cm³/mol. The van der Waals surface area contributed by atoms with Gasteiger partial charge < -0.3 is 10.1 Å². The van der Waals surface area contributed by atoms with Gasteiger partial charge in [-0.1, -0.05) is 44.2 Å². The zero-order valence-corrected chi connectivity index (χ0v) is 12.0. The lowest BCUT2D eigenvalue weighted by Crippen LogP contribution is -2.36. The van der Waals surface area contributed by atoms with Crippen LogP contribution < -0.4 is 5.32 Å². The van der Waals surface area contributed by atoms with Gasteiger partial charge >= 0.3 is 5.97 Å². The minimum atomic E-state index is -0.210. The van der Waals surface area contributed by atoms with E-state index in [1.807, 2.05) is 30.3 Å². The predicted octanol–water partition coefficient (Wildman–Crippen LogP) is 2.79. The molecule has 4 heteroatoms. The second-order valence-corrected chi connectivity index (χ2v) is 4.56. The van der Waals surface area contributed by atoms with Gasteiger partial charge in [0, 0.05) is 0 Å². The fourth-order valence-corrected chi connectivity index (χ4v) is 1.63. The molecule has 0 aliphatic rings. The minimum Gasteiger partial charge on any atom is -0.460 e. The van der Waals surface area contributed by atoms with E-state index in [1.165, 1.54) is 0 Å². The third-order valence-electron chi connectivity index (χ3n) is 2.56. The lowest BCUT2D eigenvalue weighted by Gasteiger charge is -2.17. The van der Waals surface area contributed by atoms with Gasteiger partial charge in [0.2, 0.25) is 0 Å². The third kappa shape index (κ3) is 6.03. The van der Waals surface area contributed by atoms with E-state index >= 15 is 0 Å². The average molecular weight is 272 g/mol. The van der Waals surface area contributed by atoms with Crippen molar-refractivity contribution in [2.24, 2.45) is 5.92 Å². The molecule has 0 radical (unpaired) electrons. The number of hydrogen-bond acceptors (Lipinski definition) is 3. The van der Waals surface area contributed by atoms with Crippen LogP contribution in [0.4, 0.5) is 0 Å². The fourth-order valence-electron chi connectivity index (χ4n) is 1.63. The lowest BCUT2D eigenvalue weighted by atomic mass is 10.0. The number of rotatable bonds is 6. The molecule has 0 fully saturated rings. The molecule has 1 atom stereocenters. The summed E-state index contributed by atoms with van der Waals surface area (Å²) in [6.45, 7) is 4.53. The molecule has 0 amide bonds. The summed E-state index contributed by atoms with van der Waals surface area (Å²) in [5, 5.41) is 2.99. The van der Waals surface area contributed by atoms with Gasteiger partial charge in [-0.25, -0.2) is 0 Å². The summed E-state index contributed by atoms with van der Waals surface area (Å²) in [5.41, 5.74) is 1.01. The highest BCUT2D eigenvalue weighted by molar-refractivity contribution is 5.85. The number of ether oxygens (including phenoxy) is 1. The molecule has 3 nitrogen and oxygen atoms in total. The zero-order chi connectivity index (χ0) is 12.7. The largest absolute Gasteiger partial charge is 0.460 e. The Kier molecular flexibility index (Phi) is 8.42. The molecule has 18 heavy (non-hydrogen) atoms. The van der Waals surface area contributed by atoms with Crippen LogP contribution in [0.15, 0.2) is 30.3 Å². The van der Waals surface area contributed by atoms with Crippen molar-refractivity contribution in [2.45, 2.75) is 32.9 Å². The van der Waals surface area contributed by atoms with Gasteiger partial charge in [-0.05, 0) is 24.9 Å². The summed E-state index contributed by atoms with van der Waals surface area (Å²) in [4.78, 5) is 11.8. The second kappa shape index (κ2) is 8.95. The maximum atomic E-state index is 11.8. The van der Waals surface area contributed by atoms with Crippen LogP contribution >= 0.6 is 12.4 Å². The SMILES string of the molecule is CNC(CC(C)C)C(=O)OCc1ccccc1.Cl. The first kappa shape index (κ1) is 16.9. The van der Waals surface area contributed by atoms with Crippen LogP contribution in [-0.4, -0.2) is 19.1 Å². The number of halogens is 1. The molecule has 0 aliphatic heterocycles. The maximum Gasteiger partial charge on any atom is 0.323 e. The molecule has 0 heterocycles. The molecule has 1 aromatic rings. The van der Waals surface area contributed by atoms with Crippen LogP contribution in [0.5, 0.6) is 0 Å². The fraction of sp³-hybridized carbons (Fsp3) is 0.500. The van der Waals surface area contributed by atoms with Gasteiger partial charge in [-0.15, -0.1) is 12.4 Å². The Morgan fingerprint density at radius 3 is 2.39 bits per heavy atom. The summed E-state index contributed by atoms with van der Waals surface area (Å²) in [5.74, 6) is 0.293. The van der Waals surface area contributed by atoms with Crippen LogP contribution in [0.25, 0.3) is 0 Å². The number of likely N-dealkylation sites (N-methyl/N-ethyl adjacent to an activating group) is 1. The molecule has 102 valence electrons. The van der Waals surface area contributed by atoms with Crippen molar-refractivity contribution in [1.29, 1.82) is 0 Å². The van der Waals surface area contributed by atoms with Gasteiger partial charge in [0.15, 0.2) is 0 Å². The molecular formula is C14H22ClNO2. The molecular weight excluding hydrogens is 250 g/mol. The van der Waals surface area contributed by atoms with E-state index in [-0.39, 0.29) is 24.4 Å². The summed E-state index contributed by atoms with van der Waals surface area (Å²) in [6.07, 6.45) is 0.796.